The molecule has 0 aliphatic heterocycles. The second kappa shape index (κ2) is 6.10. The Labute approximate surface area is 125 Å². The number of aryl methyl sites for hydroxylation is 2. The summed E-state index contributed by atoms with van der Waals surface area (Å²) in [6.07, 6.45) is 0. The number of rotatable bonds is 4. The Balaban J connectivity index is 2.14. The molecule has 0 aliphatic rings. The molecule has 1 heterocycles. The number of carbonyl (C=O) groups excluding carboxylic acids is 1. The molecule has 2 rings (SSSR count). The normalized spacial score (nSPS) is 12.2. The van der Waals surface area contributed by atoms with Crippen LogP contribution in [-0.4, -0.2) is 15.7 Å². The van der Waals surface area contributed by atoms with Gasteiger partial charge in [0.15, 0.2) is 0 Å². The Kier molecular flexibility index (Phi) is 4.43. The molecule has 0 bridgehead atoms. The smallest absolute Gasteiger partial charge is 0.255 e. The molecule has 3 N–H and O–H groups in total. The minimum Gasteiger partial charge on any atom is -0.345 e. The molecule has 0 saturated heterocycles. The Morgan fingerprint density at radius 1 is 1.33 bits per heavy atom. The predicted molar refractivity (Wildman–Crippen MR) is 82.9 cm³/mol. The van der Waals surface area contributed by atoms with E-state index in [0.29, 0.717) is 12.1 Å². The first-order valence-corrected chi connectivity index (χ1v) is 7.04. The van der Waals surface area contributed by atoms with Crippen LogP contribution in [0.2, 0.25) is 0 Å². The number of aromatic nitrogens is 2. The highest BCUT2D eigenvalue weighted by molar-refractivity contribution is 5.96. The maximum atomic E-state index is 12.4. The molecule has 112 valence electrons. The van der Waals surface area contributed by atoms with E-state index in [1.807, 2.05) is 52.1 Å². The second-order valence-electron chi connectivity index (χ2n) is 5.31. The molecule has 0 radical (unpaired) electrons. The largest absolute Gasteiger partial charge is 0.345 e. The number of nitrogens with two attached hydrogens (primary N) is 1. The molecule has 5 heteroatoms. The zero-order chi connectivity index (χ0) is 15.6. The molecule has 1 unspecified atom stereocenters. The lowest BCUT2D eigenvalue weighted by atomic mass is 10.1. The molecule has 0 fully saturated rings. The standard InChI is InChI=1S/C16H22N4O/c1-10(14-7-5-13(9-17)6-8-14)18-16(21)15-11(2)19-20(4)12(15)3/h5-8,10H,9,17H2,1-4H3,(H,18,21). The lowest BCUT2D eigenvalue weighted by molar-refractivity contribution is 0.0938. The zero-order valence-corrected chi connectivity index (χ0v) is 13.0. The van der Waals surface area contributed by atoms with Crippen molar-refractivity contribution in [3.63, 3.8) is 0 Å². The molecular formula is C16H22N4O. The van der Waals surface area contributed by atoms with Crippen molar-refractivity contribution in [1.82, 2.24) is 15.1 Å². The Bertz CT molecular complexity index is 643. The fourth-order valence-corrected chi connectivity index (χ4v) is 2.40. The molecule has 5 nitrogen and oxygen atoms in total. The SMILES string of the molecule is Cc1nn(C)c(C)c1C(=O)NC(C)c1ccc(CN)cc1. The number of nitrogens with zero attached hydrogens (tertiary/aromatic N) is 2. The summed E-state index contributed by atoms with van der Waals surface area (Å²) in [5.41, 5.74) is 10.00. The topological polar surface area (TPSA) is 72.9 Å². The summed E-state index contributed by atoms with van der Waals surface area (Å²) >= 11 is 0. The third-order valence-corrected chi connectivity index (χ3v) is 3.80. The first kappa shape index (κ1) is 15.3. The van der Waals surface area contributed by atoms with E-state index in [0.717, 1.165) is 22.5 Å². The first-order chi connectivity index (χ1) is 9.93. The van der Waals surface area contributed by atoms with E-state index in [1.54, 1.807) is 4.68 Å². The van der Waals surface area contributed by atoms with E-state index in [2.05, 4.69) is 10.4 Å². The van der Waals surface area contributed by atoms with Crippen LogP contribution >= 0.6 is 0 Å². The monoisotopic (exact) mass is 286 g/mol. The number of nitrogens with one attached hydrogen (secondary N) is 1. The number of hydrogen-bond acceptors (Lipinski definition) is 3. The van der Waals surface area contributed by atoms with Gasteiger partial charge in [0, 0.05) is 19.3 Å². The summed E-state index contributed by atoms with van der Waals surface area (Å²) in [5, 5.41) is 7.30. The number of benzene rings is 1. The maximum absolute atomic E-state index is 12.4. The van der Waals surface area contributed by atoms with Crippen LogP contribution in [0.5, 0.6) is 0 Å². The predicted octanol–water partition coefficient (Wildman–Crippen LogP) is 1.99. The van der Waals surface area contributed by atoms with Crippen molar-refractivity contribution in [2.24, 2.45) is 12.8 Å². The molecule has 1 amide bonds. The minimum atomic E-state index is -0.0894. The maximum Gasteiger partial charge on any atom is 0.255 e. The van der Waals surface area contributed by atoms with E-state index < -0.39 is 0 Å². The van der Waals surface area contributed by atoms with Crippen LogP contribution in [0.15, 0.2) is 24.3 Å². The average molecular weight is 286 g/mol. The van der Waals surface area contributed by atoms with E-state index >= 15 is 0 Å². The van der Waals surface area contributed by atoms with Crippen LogP contribution in [0.25, 0.3) is 0 Å². The van der Waals surface area contributed by atoms with E-state index in [4.69, 9.17) is 5.73 Å². The Hall–Kier alpha value is -2.14. The van der Waals surface area contributed by atoms with Gasteiger partial charge in [-0.25, -0.2) is 0 Å². The summed E-state index contributed by atoms with van der Waals surface area (Å²) < 4.78 is 1.73. The van der Waals surface area contributed by atoms with Gasteiger partial charge in [-0.3, -0.25) is 9.48 Å². The fraction of sp³-hybridized carbons (Fsp3) is 0.375. The third kappa shape index (κ3) is 3.13. The summed E-state index contributed by atoms with van der Waals surface area (Å²) in [7, 11) is 1.84. The lowest BCUT2D eigenvalue weighted by Crippen LogP contribution is -2.27. The van der Waals surface area contributed by atoms with Gasteiger partial charge < -0.3 is 11.1 Å². The molecule has 0 spiro atoms. The molecule has 2 aromatic rings. The molecule has 1 atom stereocenters. The van der Waals surface area contributed by atoms with E-state index in [1.165, 1.54) is 0 Å². The molecular weight excluding hydrogens is 264 g/mol. The quantitative estimate of drug-likeness (QED) is 0.902. The molecule has 0 saturated carbocycles. The molecule has 1 aromatic carbocycles. The summed E-state index contributed by atoms with van der Waals surface area (Å²) in [5.74, 6) is -0.0894. The van der Waals surface area contributed by atoms with Gasteiger partial charge in [-0.15, -0.1) is 0 Å². The van der Waals surface area contributed by atoms with Gasteiger partial charge in [-0.05, 0) is 31.9 Å². The fourth-order valence-electron chi connectivity index (χ4n) is 2.40. The highest BCUT2D eigenvalue weighted by Crippen LogP contribution is 2.17. The first-order valence-electron chi connectivity index (χ1n) is 7.04. The van der Waals surface area contributed by atoms with Gasteiger partial charge in [0.1, 0.15) is 0 Å². The van der Waals surface area contributed by atoms with Crippen LogP contribution < -0.4 is 11.1 Å². The Morgan fingerprint density at radius 3 is 2.43 bits per heavy atom. The highest BCUT2D eigenvalue weighted by Gasteiger charge is 2.19. The number of amides is 1. The van der Waals surface area contributed by atoms with Crippen LogP contribution in [-0.2, 0) is 13.6 Å². The average Bonchev–Trinajstić information content (AvgIpc) is 2.72. The van der Waals surface area contributed by atoms with Crippen molar-refractivity contribution in [1.29, 1.82) is 0 Å². The lowest BCUT2D eigenvalue weighted by Gasteiger charge is -2.15. The Morgan fingerprint density at radius 2 is 1.95 bits per heavy atom. The van der Waals surface area contributed by atoms with Crippen molar-refractivity contribution in [2.45, 2.75) is 33.4 Å². The van der Waals surface area contributed by atoms with Gasteiger partial charge in [-0.1, -0.05) is 24.3 Å². The second-order valence-corrected chi connectivity index (χ2v) is 5.31. The van der Waals surface area contributed by atoms with Gasteiger partial charge in [0.25, 0.3) is 5.91 Å². The zero-order valence-electron chi connectivity index (χ0n) is 13.0. The summed E-state index contributed by atoms with van der Waals surface area (Å²) in [4.78, 5) is 12.4. The number of hydrogen-bond donors (Lipinski definition) is 2. The van der Waals surface area contributed by atoms with E-state index in [-0.39, 0.29) is 11.9 Å². The van der Waals surface area contributed by atoms with Crippen molar-refractivity contribution >= 4 is 5.91 Å². The third-order valence-electron chi connectivity index (χ3n) is 3.80. The van der Waals surface area contributed by atoms with Crippen LogP contribution in [0.1, 0.15) is 45.8 Å². The minimum absolute atomic E-state index is 0.0664. The van der Waals surface area contributed by atoms with Crippen molar-refractivity contribution in [2.75, 3.05) is 0 Å². The van der Waals surface area contributed by atoms with Gasteiger partial charge in [0.2, 0.25) is 0 Å². The summed E-state index contributed by atoms with van der Waals surface area (Å²) in [6.45, 7) is 6.24. The van der Waals surface area contributed by atoms with Gasteiger partial charge in [-0.2, -0.15) is 5.10 Å². The van der Waals surface area contributed by atoms with Crippen LogP contribution in [0.3, 0.4) is 0 Å². The molecule has 21 heavy (non-hydrogen) atoms. The van der Waals surface area contributed by atoms with Crippen LogP contribution in [0.4, 0.5) is 0 Å². The summed E-state index contributed by atoms with van der Waals surface area (Å²) in [6, 6.07) is 7.90. The highest BCUT2D eigenvalue weighted by atomic mass is 16.1. The van der Waals surface area contributed by atoms with Gasteiger partial charge in [0.05, 0.1) is 17.3 Å². The number of carbonyl (C=O) groups is 1. The van der Waals surface area contributed by atoms with Gasteiger partial charge >= 0.3 is 0 Å². The van der Waals surface area contributed by atoms with Crippen molar-refractivity contribution in [3.8, 4) is 0 Å². The van der Waals surface area contributed by atoms with Crippen molar-refractivity contribution in [3.05, 3.63) is 52.3 Å². The van der Waals surface area contributed by atoms with Crippen molar-refractivity contribution < 1.29 is 4.79 Å². The molecule has 1 aromatic heterocycles. The van der Waals surface area contributed by atoms with Crippen LogP contribution in [0, 0.1) is 13.8 Å². The van der Waals surface area contributed by atoms with E-state index in [9.17, 15) is 4.79 Å². The molecule has 0 aliphatic carbocycles.